The van der Waals surface area contributed by atoms with E-state index in [1.54, 1.807) is 25.5 Å². The summed E-state index contributed by atoms with van der Waals surface area (Å²) >= 11 is 0. The first-order chi connectivity index (χ1) is 9.65. The fraction of sp³-hybridized carbons (Fsp3) is 0.400. The van der Waals surface area contributed by atoms with Gasteiger partial charge >= 0.3 is 0 Å². The molecule has 5 heteroatoms. The van der Waals surface area contributed by atoms with Gasteiger partial charge in [0.1, 0.15) is 18.2 Å². The van der Waals surface area contributed by atoms with Gasteiger partial charge in [-0.15, -0.1) is 0 Å². The predicted octanol–water partition coefficient (Wildman–Crippen LogP) is 2.99. The molecule has 20 heavy (non-hydrogen) atoms. The molecule has 3 rings (SSSR count). The van der Waals surface area contributed by atoms with Crippen molar-refractivity contribution >= 4 is 0 Å². The van der Waals surface area contributed by atoms with E-state index in [4.69, 9.17) is 4.74 Å². The molecule has 2 aromatic rings. The molecule has 0 bridgehead atoms. The number of rotatable bonds is 5. The summed E-state index contributed by atoms with van der Waals surface area (Å²) in [5.41, 5.74) is 1.55. The largest absolute Gasteiger partial charge is 0.487 e. The minimum absolute atomic E-state index is 0.319. The molecule has 1 fully saturated rings. The number of hydrogen-bond donors (Lipinski definition) is 1. The summed E-state index contributed by atoms with van der Waals surface area (Å²) in [4.78, 5) is 4.13. The van der Waals surface area contributed by atoms with Crippen molar-refractivity contribution in [3.05, 3.63) is 47.8 Å². The van der Waals surface area contributed by atoms with Gasteiger partial charge in [0, 0.05) is 17.7 Å². The minimum Gasteiger partial charge on any atom is -0.487 e. The van der Waals surface area contributed by atoms with Gasteiger partial charge in [0.25, 0.3) is 0 Å². The Hall–Kier alpha value is -1.88. The highest BCUT2D eigenvalue weighted by Gasteiger charge is 2.25. The molecule has 0 aliphatic heterocycles. The zero-order chi connectivity index (χ0) is 14.1. The van der Waals surface area contributed by atoms with E-state index in [1.807, 2.05) is 0 Å². The van der Waals surface area contributed by atoms with Crippen LogP contribution in [0.1, 0.15) is 43.2 Å². The Morgan fingerprint density at radius 1 is 1.50 bits per heavy atom. The smallest absolute Gasteiger partial charge is 0.130 e. The van der Waals surface area contributed by atoms with Crippen molar-refractivity contribution in [1.82, 2.24) is 9.55 Å². The van der Waals surface area contributed by atoms with E-state index in [0.29, 0.717) is 24.0 Å². The molecule has 0 radical (unpaired) electrons. The molecule has 106 valence electrons. The molecule has 1 saturated carbocycles. The molecule has 0 amide bonds. The number of halogens is 1. The van der Waals surface area contributed by atoms with Crippen molar-refractivity contribution < 1.29 is 14.2 Å². The van der Waals surface area contributed by atoms with Crippen LogP contribution in [0.5, 0.6) is 5.75 Å². The minimum atomic E-state index is -0.695. The summed E-state index contributed by atoms with van der Waals surface area (Å²) in [6.45, 7) is 1.95. The van der Waals surface area contributed by atoms with Gasteiger partial charge in [0.2, 0.25) is 0 Å². The van der Waals surface area contributed by atoms with Crippen molar-refractivity contribution in [3.63, 3.8) is 0 Å². The van der Waals surface area contributed by atoms with E-state index in [2.05, 4.69) is 9.55 Å². The van der Waals surface area contributed by atoms with Crippen LogP contribution < -0.4 is 4.74 Å². The van der Waals surface area contributed by atoms with Crippen LogP contribution in [0, 0.1) is 5.82 Å². The Morgan fingerprint density at radius 3 is 3.00 bits per heavy atom. The van der Waals surface area contributed by atoms with Gasteiger partial charge in [-0.3, -0.25) is 0 Å². The Morgan fingerprint density at radius 2 is 2.30 bits per heavy atom. The lowest BCUT2D eigenvalue weighted by Gasteiger charge is -2.14. The van der Waals surface area contributed by atoms with Crippen LogP contribution in [-0.2, 0) is 6.61 Å². The molecule has 1 atom stereocenters. The second-order valence-electron chi connectivity index (χ2n) is 5.17. The van der Waals surface area contributed by atoms with Crippen molar-refractivity contribution in [1.29, 1.82) is 0 Å². The SMILES string of the molecule is CC(O)c1ccc(F)cc1OCc1cncn1C1CC1. The molecule has 0 saturated heterocycles. The van der Waals surface area contributed by atoms with Gasteiger partial charge in [-0.1, -0.05) is 0 Å². The number of ether oxygens (including phenoxy) is 1. The number of hydrogen-bond acceptors (Lipinski definition) is 3. The van der Waals surface area contributed by atoms with Crippen LogP contribution in [0.2, 0.25) is 0 Å². The van der Waals surface area contributed by atoms with E-state index in [9.17, 15) is 9.50 Å². The Labute approximate surface area is 116 Å². The topological polar surface area (TPSA) is 47.3 Å². The van der Waals surface area contributed by atoms with Gasteiger partial charge in [-0.25, -0.2) is 9.37 Å². The lowest BCUT2D eigenvalue weighted by atomic mass is 10.1. The van der Waals surface area contributed by atoms with Crippen LogP contribution in [-0.4, -0.2) is 14.7 Å². The first-order valence-corrected chi connectivity index (χ1v) is 6.76. The highest BCUT2D eigenvalue weighted by Crippen LogP contribution is 2.36. The summed E-state index contributed by atoms with van der Waals surface area (Å²) in [6.07, 6.45) is 5.21. The summed E-state index contributed by atoms with van der Waals surface area (Å²) in [5.74, 6) is 0.00338. The zero-order valence-electron chi connectivity index (χ0n) is 11.3. The Balaban J connectivity index is 1.77. The second kappa shape index (κ2) is 5.25. The van der Waals surface area contributed by atoms with E-state index in [0.717, 1.165) is 5.69 Å². The molecule has 1 unspecified atom stereocenters. The van der Waals surface area contributed by atoms with E-state index >= 15 is 0 Å². The third-order valence-corrected chi connectivity index (χ3v) is 3.49. The second-order valence-corrected chi connectivity index (χ2v) is 5.17. The molecule has 0 spiro atoms. The van der Waals surface area contributed by atoms with E-state index < -0.39 is 6.10 Å². The molecule has 1 aliphatic rings. The number of benzene rings is 1. The Bertz CT molecular complexity index is 606. The third kappa shape index (κ3) is 2.67. The predicted molar refractivity (Wildman–Crippen MR) is 71.9 cm³/mol. The Kier molecular flexibility index (Phi) is 3.44. The van der Waals surface area contributed by atoms with Gasteiger partial charge in [0.05, 0.1) is 24.3 Å². The summed E-state index contributed by atoms with van der Waals surface area (Å²) < 4.78 is 21.1. The van der Waals surface area contributed by atoms with Gasteiger partial charge < -0.3 is 14.4 Å². The maximum Gasteiger partial charge on any atom is 0.130 e. The highest BCUT2D eigenvalue weighted by atomic mass is 19.1. The average molecular weight is 276 g/mol. The summed E-state index contributed by atoms with van der Waals surface area (Å²) in [5, 5.41) is 9.69. The van der Waals surface area contributed by atoms with Crippen LogP contribution in [0.15, 0.2) is 30.7 Å². The van der Waals surface area contributed by atoms with Crippen molar-refractivity contribution in [2.45, 2.75) is 38.5 Å². The third-order valence-electron chi connectivity index (χ3n) is 3.49. The first kappa shape index (κ1) is 13.1. The molecule has 1 aromatic carbocycles. The van der Waals surface area contributed by atoms with Crippen LogP contribution in [0.3, 0.4) is 0 Å². The van der Waals surface area contributed by atoms with E-state index in [1.165, 1.54) is 25.0 Å². The normalized spacial score (nSPS) is 16.1. The van der Waals surface area contributed by atoms with E-state index in [-0.39, 0.29) is 5.82 Å². The zero-order valence-corrected chi connectivity index (χ0v) is 11.3. The maximum absolute atomic E-state index is 13.3. The molecule has 1 heterocycles. The molecule has 4 nitrogen and oxygen atoms in total. The maximum atomic E-state index is 13.3. The molecule has 1 aromatic heterocycles. The van der Waals surface area contributed by atoms with Crippen LogP contribution >= 0.6 is 0 Å². The van der Waals surface area contributed by atoms with Gasteiger partial charge in [0.15, 0.2) is 0 Å². The van der Waals surface area contributed by atoms with Crippen LogP contribution in [0.25, 0.3) is 0 Å². The quantitative estimate of drug-likeness (QED) is 0.913. The van der Waals surface area contributed by atoms with Crippen LogP contribution in [0.4, 0.5) is 4.39 Å². The number of nitrogens with zero attached hydrogens (tertiary/aromatic N) is 2. The molecular weight excluding hydrogens is 259 g/mol. The van der Waals surface area contributed by atoms with Gasteiger partial charge in [-0.05, 0) is 31.9 Å². The standard InChI is InChI=1S/C15H17FN2O2/c1-10(19)14-5-2-11(16)6-15(14)20-8-13-7-17-9-18(13)12-3-4-12/h2,5-7,9-10,12,19H,3-4,8H2,1H3. The number of aliphatic hydroxyl groups is 1. The monoisotopic (exact) mass is 276 g/mol. The molecular formula is C15H17FN2O2. The van der Waals surface area contributed by atoms with Gasteiger partial charge in [-0.2, -0.15) is 0 Å². The number of imidazole rings is 1. The molecule has 1 aliphatic carbocycles. The van der Waals surface area contributed by atoms with Crippen molar-refractivity contribution in [2.24, 2.45) is 0 Å². The fourth-order valence-electron chi connectivity index (χ4n) is 2.26. The lowest BCUT2D eigenvalue weighted by molar-refractivity contribution is 0.189. The number of aromatic nitrogens is 2. The first-order valence-electron chi connectivity index (χ1n) is 6.76. The fourth-order valence-corrected chi connectivity index (χ4v) is 2.26. The number of aliphatic hydroxyl groups excluding tert-OH is 1. The average Bonchev–Trinajstić information content (AvgIpc) is 3.15. The summed E-state index contributed by atoms with van der Waals surface area (Å²) in [7, 11) is 0. The van der Waals surface area contributed by atoms with Crippen molar-refractivity contribution in [2.75, 3.05) is 0 Å². The summed E-state index contributed by atoms with van der Waals surface area (Å²) in [6, 6.07) is 4.70. The lowest BCUT2D eigenvalue weighted by Crippen LogP contribution is -2.06. The van der Waals surface area contributed by atoms with Crippen molar-refractivity contribution in [3.8, 4) is 5.75 Å². The molecule has 1 N–H and O–H groups in total. The highest BCUT2D eigenvalue weighted by molar-refractivity contribution is 5.35.